The average Bonchev–Trinajstić information content (AvgIpc) is 2.13. The van der Waals surface area contributed by atoms with E-state index in [2.05, 4.69) is 16.1 Å². The third-order valence-corrected chi connectivity index (χ3v) is 1.30. The van der Waals surface area contributed by atoms with Gasteiger partial charge in [-0.15, -0.1) is 11.6 Å². The van der Waals surface area contributed by atoms with E-state index in [9.17, 15) is 9.59 Å². The SMILES string of the molecule is C=C(COC(=O)CCl)C(=O)OCC. The Labute approximate surface area is 81.5 Å². The van der Waals surface area contributed by atoms with Gasteiger partial charge in [-0.1, -0.05) is 6.58 Å². The van der Waals surface area contributed by atoms with Gasteiger partial charge in [0.25, 0.3) is 0 Å². The highest BCUT2D eigenvalue weighted by molar-refractivity contribution is 6.26. The maximum Gasteiger partial charge on any atom is 0.336 e. The second-order valence-electron chi connectivity index (χ2n) is 2.12. The molecule has 0 saturated heterocycles. The maximum absolute atomic E-state index is 10.9. The summed E-state index contributed by atoms with van der Waals surface area (Å²) >= 11 is 5.16. The Morgan fingerprint density at radius 3 is 2.46 bits per heavy atom. The summed E-state index contributed by atoms with van der Waals surface area (Å²) in [5.41, 5.74) is 0.0975. The van der Waals surface area contributed by atoms with Crippen LogP contribution in [0.25, 0.3) is 0 Å². The average molecular weight is 207 g/mol. The molecule has 0 N–H and O–H groups in total. The van der Waals surface area contributed by atoms with Crippen LogP contribution >= 0.6 is 11.6 Å². The van der Waals surface area contributed by atoms with Crippen LogP contribution in [0.5, 0.6) is 0 Å². The summed E-state index contributed by atoms with van der Waals surface area (Å²) in [5.74, 6) is -1.40. The summed E-state index contributed by atoms with van der Waals surface area (Å²) in [6.45, 7) is 5.15. The summed E-state index contributed by atoms with van der Waals surface area (Å²) in [4.78, 5) is 21.4. The molecule has 0 aliphatic rings. The summed E-state index contributed by atoms with van der Waals surface area (Å²) in [5, 5.41) is 0. The van der Waals surface area contributed by atoms with Crippen molar-refractivity contribution < 1.29 is 19.1 Å². The van der Waals surface area contributed by atoms with Gasteiger partial charge in [-0.25, -0.2) is 4.79 Å². The van der Waals surface area contributed by atoms with Crippen molar-refractivity contribution in [2.45, 2.75) is 6.92 Å². The lowest BCUT2D eigenvalue weighted by molar-refractivity contribution is -0.142. The Kier molecular flexibility index (Phi) is 5.97. The quantitative estimate of drug-likeness (QED) is 0.381. The summed E-state index contributed by atoms with van der Waals surface area (Å²) < 4.78 is 9.16. The third kappa shape index (κ3) is 5.25. The smallest absolute Gasteiger partial charge is 0.336 e. The van der Waals surface area contributed by atoms with Gasteiger partial charge in [0.2, 0.25) is 0 Å². The first-order valence-electron chi connectivity index (χ1n) is 3.68. The Balaban J connectivity index is 3.74. The lowest BCUT2D eigenvalue weighted by Crippen LogP contribution is -2.15. The normalized spacial score (nSPS) is 9.08. The van der Waals surface area contributed by atoms with Crippen LogP contribution in [0, 0.1) is 0 Å². The number of ether oxygens (including phenoxy) is 2. The standard InChI is InChI=1S/C8H11ClO4/c1-3-12-8(11)6(2)5-13-7(10)4-9/h2-5H2,1H3. The Morgan fingerprint density at radius 2 is 2.00 bits per heavy atom. The molecule has 0 fully saturated rings. The van der Waals surface area contributed by atoms with Gasteiger partial charge in [0.15, 0.2) is 0 Å². The number of hydrogen-bond acceptors (Lipinski definition) is 4. The Bertz CT molecular complexity index is 212. The zero-order chi connectivity index (χ0) is 10.3. The van der Waals surface area contributed by atoms with Crippen LogP contribution in [0.2, 0.25) is 0 Å². The van der Waals surface area contributed by atoms with Gasteiger partial charge in [-0.2, -0.15) is 0 Å². The van der Waals surface area contributed by atoms with Crippen molar-refractivity contribution in [3.8, 4) is 0 Å². The monoisotopic (exact) mass is 206 g/mol. The van der Waals surface area contributed by atoms with Crippen molar-refractivity contribution in [3.63, 3.8) is 0 Å². The van der Waals surface area contributed by atoms with Crippen LogP contribution in [-0.2, 0) is 19.1 Å². The van der Waals surface area contributed by atoms with Gasteiger partial charge in [0.05, 0.1) is 12.2 Å². The van der Waals surface area contributed by atoms with E-state index < -0.39 is 11.9 Å². The zero-order valence-corrected chi connectivity index (χ0v) is 8.10. The number of alkyl halides is 1. The Morgan fingerprint density at radius 1 is 1.38 bits per heavy atom. The summed E-state index contributed by atoms with van der Waals surface area (Å²) in [6.07, 6.45) is 0. The summed E-state index contributed by atoms with van der Waals surface area (Å²) in [7, 11) is 0. The maximum atomic E-state index is 10.9. The van der Waals surface area contributed by atoms with E-state index in [-0.39, 0.29) is 24.7 Å². The molecule has 0 atom stereocenters. The fourth-order valence-electron chi connectivity index (χ4n) is 0.498. The van der Waals surface area contributed by atoms with Crippen molar-refractivity contribution in [1.82, 2.24) is 0 Å². The van der Waals surface area contributed by atoms with Crippen molar-refractivity contribution >= 4 is 23.5 Å². The molecule has 5 heteroatoms. The zero-order valence-electron chi connectivity index (χ0n) is 7.34. The molecule has 0 aromatic rings. The molecule has 0 heterocycles. The molecule has 0 unspecified atom stereocenters. The largest absolute Gasteiger partial charge is 0.463 e. The highest BCUT2D eigenvalue weighted by Gasteiger charge is 2.09. The number of carbonyl (C=O) groups excluding carboxylic acids is 2. The fraction of sp³-hybridized carbons (Fsp3) is 0.500. The van der Waals surface area contributed by atoms with Gasteiger partial charge in [0, 0.05) is 0 Å². The van der Waals surface area contributed by atoms with E-state index in [0.717, 1.165) is 0 Å². The van der Waals surface area contributed by atoms with Crippen molar-refractivity contribution in [1.29, 1.82) is 0 Å². The minimum atomic E-state index is -0.591. The molecule has 0 aliphatic carbocycles. The molecule has 74 valence electrons. The lowest BCUT2D eigenvalue weighted by atomic mass is 10.3. The molecule has 0 amide bonds. The van der Waals surface area contributed by atoms with E-state index in [1.54, 1.807) is 6.92 Å². The molecule has 0 rings (SSSR count). The Hall–Kier alpha value is -1.03. The van der Waals surface area contributed by atoms with Gasteiger partial charge in [0.1, 0.15) is 12.5 Å². The van der Waals surface area contributed by atoms with E-state index in [0.29, 0.717) is 0 Å². The van der Waals surface area contributed by atoms with Crippen molar-refractivity contribution in [3.05, 3.63) is 12.2 Å². The van der Waals surface area contributed by atoms with E-state index in [1.165, 1.54) is 0 Å². The molecule has 0 aromatic carbocycles. The molecule has 13 heavy (non-hydrogen) atoms. The van der Waals surface area contributed by atoms with E-state index in [1.807, 2.05) is 0 Å². The summed E-state index contributed by atoms with van der Waals surface area (Å²) in [6, 6.07) is 0. The van der Waals surface area contributed by atoms with Crippen LogP contribution in [0.3, 0.4) is 0 Å². The van der Waals surface area contributed by atoms with Gasteiger partial charge < -0.3 is 9.47 Å². The highest BCUT2D eigenvalue weighted by atomic mass is 35.5. The second-order valence-corrected chi connectivity index (χ2v) is 2.39. The molecule has 0 saturated carbocycles. The van der Waals surface area contributed by atoms with E-state index >= 15 is 0 Å². The fourth-order valence-corrected chi connectivity index (χ4v) is 0.575. The highest BCUT2D eigenvalue weighted by Crippen LogP contribution is 1.96. The molecular formula is C8H11ClO4. The molecule has 0 radical (unpaired) electrons. The predicted molar refractivity (Wildman–Crippen MR) is 47.5 cm³/mol. The molecule has 0 spiro atoms. The van der Waals surface area contributed by atoms with Crippen LogP contribution in [0.4, 0.5) is 0 Å². The number of carbonyl (C=O) groups is 2. The first kappa shape index (κ1) is 12.0. The molecule has 0 aliphatic heterocycles. The molecule has 0 bridgehead atoms. The van der Waals surface area contributed by atoms with Crippen molar-refractivity contribution in [2.75, 3.05) is 19.1 Å². The van der Waals surface area contributed by atoms with E-state index in [4.69, 9.17) is 11.6 Å². The first-order valence-corrected chi connectivity index (χ1v) is 4.21. The first-order chi connectivity index (χ1) is 6.11. The van der Waals surface area contributed by atoms with Crippen LogP contribution in [0.1, 0.15) is 6.92 Å². The topological polar surface area (TPSA) is 52.6 Å². The molecule has 4 nitrogen and oxygen atoms in total. The van der Waals surface area contributed by atoms with Crippen LogP contribution < -0.4 is 0 Å². The minimum absolute atomic E-state index is 0.0975. The molecule has 0 aromatic heterocycles. The van der Waals surface area contributed by atoms with Gasteiger partial charge in [-0.05, 0) is 6.92 Å². The molecular weight excluding hydrogens is 196 g/mol. The minimum Gasteiger partial charge on any atom is -0.463 e. The number of hydrogen-bond donors (Lipinski definition) is 0. The lowest BCUT2D eigenvalue weighted by Gasteiger charge is -2.05. The third-order valence-electron chi connectivity index (χ3n) is 1.08. The number of esters is 2. The van der Waals surface area contributed by atoms with Crippen molar-refractivity contribution in [2.24, 2.45) is 0 Å². The number of rotatable bonds is 5. The van der Waals surface area contributed by atoms with Crippen LogP contribution in [0.15, 0.2) is 12.2 Å². The second kappa shape index (κ2) is 6.48. The van der Waals surface area contributed by atoms with Gasteiger partial charge in [-0.3, -0.25) is 4.79 Å². The van der Waals surface area contributed by atoms with Gasteiger partial charge >= 0.3 is 11.9 Å². The predicted octanol–water partition coefficient (Wildman–Crippen LogP) is 0.888. The number of halogens is 1. The van der Waals surface area contributed by atoms with Crippen LogP contribution in [-0.4, -0.2) is 31.0 Å².